The molecule has 0 fully saturated rings. The van der Waals surface area contributed by atoms with Gasteiger partial charge in [0.25, 0.3) is 0 Å². The highest BCUT2D eigenvalue weighted by Crippen LogP contribution is 2.65. The Bertz CT molecular complexity index is 4000. The van der Waals surface area contributed by atoms with Crippen molar-refractivity contribution in [1.82, 2.24) is 0 Å². The molecule has 0 heterocycles. The average molecular weight is 955 g/mol. The third-order valence-corrected chi connectivity index (χ3v) is 15.5. The van der Waals surface area contributed by atoms with Crippen molar-refractivity contribution in [2.24, 2.45) is 0 Å². The Morgan fingerprint density at radius 3 is 1.11 bits per heavy atom. The Kier molecular flexibility index (Phi) is 10.8. The maximum atomic E-state index is 2.50. The van der Waals surface area contributed by atoms with Gasteiger partial charge >= 0.3 is 0 Å². The molecule has 14 rings (SSSR count). The van der Waals surface area contributed by atoms with Crippen molar-refractivity contribution in [3.05, 3.63) is 326 Å². The number of hydrogen-bond acceptors (Lipinski definition) is 2. The van der Waals surface area contributed by atoms with E-state index in [2.05, 4.69) is 313 Å². The fraction of sp³-hybridized carbons (Fsp3) is 0.0137. The van der Waals surface area contributed by atoms with Crippen LogP contribution in [-0.2, 0) is 5.41 Å². The van der Waals surface area contributed by atoms with Crippen molar-refractivity contribution in [2.75, 3.05) is 9.80 Å². The van der Waals surface area contributed by atoms with E-state index in [4.69, 9.17) is 0 Å². The van der Waals surface area contributed by atoms with E-state index in [0.29, 0.717) is 0 Å². The Labute approximate surface area is 439 Å². The summed E-state index contributed by atoms with van der Waals surface area (Å²) in [6.45, 7) is 0. The Balaban J connectivity index is 0.900. The van der Waals surface area contributed by atoms with Gasteiger partial charge < -0.3 is 9.80 Å². The lowest BCUT2D eigenvalue weighted by atomic mass is 9.70. The van der Waals surface area contributed by atoms with Crippen molar-refractivity contribution in [3.8, 4) is 66.8 Å². The summed E-state index contributed by atoms with van der Waals surface area (Å²) in [6, 6.07) is 111. The van der Waals surface area contributed by atoms with E-state index in [9.17, 15) is 0 Å². The van der Waals surface area contributed by atoms with Gasteiger partial charge in [-0.15, -0.1) is 0 Å². The van der Waals surface area contributed by atoms with Gasteiger partial charge in [0.15, 0.2) is 0 Å². The molecule has 2 heteroatoms. The first-order valence-electron chi connectivity index (χ1n) is 25.9. The normalized spacial score (nSPS) is 12.4. The molecule has 0 aliphatic heterocycles. The van der Waals surface area contributed by atoms with E-state index in [-0.39, 0.29) is 0 Å². The van der Waals surface area contributed by atoms with Gasteiger partial charge in [0.05, 0.1) is 22.5 Å². The average Bonchev–Trinajstić information content (AvgIpc) is 3.97. The van der Waals surface area contributed by atoms with Crippen LogP contribution in [0.5, 0.6) is 0 Å². The van der Waals surface area contributed by atoms with Crippen LogP contribution in [0.15, 0.2) is 303 Å². The van der Waals surface area contributed by atoms with Crippen LogP contribution in [0, 0.1) is 0 Å². The first-order chi connectivity index (χ1) is 37.2. The van der Waals surface area contributed by atoms with E-state index >= 15 is 0 Å². The lowest BCUT2D eigenvalue weighted by Crippen LogP contribution is -2.26. The molecule has 0 saturated carbocycles. The highest BCUT2D eigenvalue weighted by atomic mass is 15.2. The second kappa shape index (κ2) is 18.4. The Morgan fingerprint density at radius 1 is 0.200 bits per heavy atom. The van der Waals surface area contributed by atoms with Crippen LogP contribution in [0.2, 0.25) is 0 Å². The SMILES string of the molecule is c1ccc(-c2cccc(N(c3ccc(-c4ccc(N(c5ccccc5-c5ccccc5)c5cccc6c5-c5ccccc5C65c6ccccc6-c6ccccc65)cc4)cc3)c3ccccc3-c3ccccc3)c2)cc1. The van der Waals surface area contributed by atoms with Gasteiger partial charge in [-0.2, -0.15) is 0 Å². The summed E-state index contributed by atoms with van der Waals surface area (Å²) in [5.41, 5.74) is 25.9. The quantitative estimate of drug-likeness (QED) is 0.135. The fourth-order valence-corrected chi connectivity index (χ4v) is 12.3. The zero-order valence-corrected chi connectivity index (χ0v) is 41.3. The van der Waals surface area contributed by atoms with Gasteiger partial charge in [-0.05, 0) is 127 Å². The third kappa shape index (κ3) is 7.25. The predicted molar refractivity (Wildman–Crippen MR) is 314 cm³/mol. The second-order valence-corrected chi connectivity index (χ2v) is 19.5. The first-order valence-corrected chi connectivity index (χ1v) is 25.9. The number of hydrogen-bond donors (Lipinski definition) is 0. The molecule has 0 aromatic heterocycles. The summed E-state index contributed by atoms with van der Waals surface area (Å²) >= 11 is 0. The van der Waals surface area contributed by atoms with Crippen LogP contribution in [0.1, 0.15) is 22.3 Å². The molecule has 0 unspecified atom stereocenters. The summed E-state index contributed by atoms with van der Waals surface area (Å²) in [6.07, 6.45) is 0. The van der Waals surface area contributed by atoms with Crippen molar-refractivity contribution >= 4 is 34.1 Å². The standard InChI is InChI=1S/C73H50N2/c1-4-22-51(23-5-1)56-28-20-29-59(50-56)74(69-39-18-13-30-60(69)54-24-6-2-7-25-54)57-46-42-52(43-47-57)53-44-48-58(49-45-53)75(70-40-19-14-31-61(70)55-26-8-3-9-27-55)71-41-21-38-68-72(71)64-34-12-17-37-67(64)73(68)65-35-15-10-32-62(65)63-33-11-16-36-66(63)73/h1-50H. The van der Waals surface area contributed by atoms with E-state index in [1.54, 1.807) is 0 Å². The molecule has 2 aliphatic rings. The van der Waals surface area contributed by atoms with Crippen molar-refractivity contribution < 1.29 is 0 Å². The van der Waals surface area contributed by atoms with Gasteiger partial charge in [0.2, 0.25) is 0 Å². The molecule has 0 saturated heterocycles. The molecular formula is C73H50N2. The van der Waals surface area contributed by atoms with E-state index < -0.39 is 5.41 Å². The maximum Gasteiger partial charge on any atom is 0.0726 e. The number of nitrogens with zero attached hydrogens (tertiary/aromatic N) is 2. The number of benzene rings is 12. The minimum absolute atomic E-state index is 0.459. The monoisotopic (exact) mass is 954 g/mol. The first kappa shape index (κ1) is 44.0. The van der Waals surface area contributed by atoms with Gasteiger partial charge in [-0.25, -0.2) is 0 Å². The van der Waals surface area contributed by atoms with Gasteiger partial charge in [-0.3, -0.25) is 0 Å². The number of rotatable bonds is 10. The molecule has 0 radical (unpaired) electrons. The predicted octanol–water partition coefficient (Wildman–Crippen LogP) is 19.6. The Hall–Kier alpha value is -9.76. The second-order valence-electron chi connectivity index (χ2n) is 19.5. The number of anilines is 6. The van der Waals surface area contributed by atoms with Gasteiger partial charge in [0, 0.05) is 33.8 Å². The minimum atomic E-state index is -0.459. The zero-order chi connectivity index (χ0) is 49.7. The molecule has 352 valence electrons. The highest BCUT2D eigenvalue weighted by Gasteiger charge is 2.52. The summed E-state index contributed by atoms with van der Waals surface area (Å²) in [5.74, 6) is 0. The van der Waals surface area contributed by atoms with E-state index in [1.807, 2.05) is 0 Å². The molecule has 0 N–H and O–H groups in total. The fourth-order valence-electron chi connectivity index (χ4n) is 12.3. The molecule has 12 aromatic rings. The summed E-state index contributed by atoms with van der Waals surface area (Å²) in [5, 5.41) is 0. The molecular weight excluding hydrogens is 905 g/mol. The topological polar surface area (TPSA) is 6.48 Å². The van der Waals surface area contributed by atoms with Crippen LogP contribution < -0.4 is 9.80 Å². The molecule has 0 amide bonds. The molecule has 12 aromatic carbocycles. The third-order valence-electron chi connectivity index (χ3n) is 15.5. The molecule has 0 bridgehead atoms. The van der Waals surface area contributed by atoms with E-state index in [0.717, 1.165) is 45.3 Å². The highest BCUT2D eigenvalue weighted by molar-refractivity contribution is 6.02. The lowest BCUT2D eigenvalue weighted by Gasteiger charge is -2.32. The van der Waals surface area contributed by atoms with Crippen LogP contribution in [0.3, 0.4) is 0 Å². The van der Waals surface area contributed by atoms with Crippen molar-refractivity contribution in [2.45, 2.75) is 5.41 Å². The van der Waals surface area contributed by atoms with E-state index in [1.165, 1.54) is 77.9 Å². The van der Waals surface area contributed by atoms with Crippen LogP contribution in [0.25, 0.3) is 66.8 Å². The van der Waals surface area contributed by atoms with Crippen LogP contribution in [0.4, 0.5) is 34.1 Å². The van der Waals surface area contributed by atoms with Gasteiger partial charge in [-0.1, -0.05) is 249 Å². The molecule has 1 spiro atoms. The zero-order valence-electron chi connectivity index (χ0n) is 41.3. The summed E-state index contributed by atoms with van der Waals surface area (Å²) < 4.78 is 0. The largest absolute Gasteiger partial charge is 0.310 e. The number of para-hydroxylation sites is 2. The molecule has 0 atom stereocenters. The minimum Gasteiger partial charge on any atom is -0.310 e. The van der Waals surface area contributed by atoms with Crippen molar-refractivity contribution in [3.63, 3.8) is 0 Å². The molecule has 2 aliphatic carbocycles. The summed E-state index contributed by atoms with van der Waals surface area (Å²) in [7, 11) is 0. The summed E-state index contributed by atoms with van der Waals surface area (Å²) in [4.78, 5) is 4.90. The van der Waals surface area contributed by atoms with Crippen molar-refractivity contribution in [1.29, 1.82) is 0 Å². The Morgan fingerprint density at radius 2 is 0.560 bits per heavy atom. The lowest BCUT2D eigenvalue weighted by molar-refractivity contribution is 0.794. The number of fused-ring (bicyclic) bond motifs is 10. The molecule has 75 heavy (non-hydrogen) atoms. The van der Waals surface area contributed by atoms with Crippen LogP contribution in [-0.4, -0.2) is 0 Å². The van der Waals surface area contributed by atoms with Crippen LogP contribution >= 0.6 is 0 Å². The maximum absolute atomic E-state index is 2.50. The molecule has 2 nitrogen and oxygen atoms in total. The van der Waals surface area contributed by atoms with Gasteiger partial charge in [0.1, 0.15) is 0 Å². The smallest absolute Gasteiger partial charge is 0.0726 e.